The number of carboxylic acid groups (broad SMARTS) is 1. The standard InChI is InChI=1S/C12H16N4O2/c1-3-12(9(2)11(17)18)6-4-10(5-7-12)16-8-13-14-15-16/h4-6,8-9H,3,7H2,1-2H3,(H,17,18). The van der Waals surface area contributed by atoms with Crippen LogP contribution in [0.3, 0.4) is 0 Å². The third kappa shape index (κ3) is 2.05. The summed E-state index contributed by atoms with van der Waals surface area (Å²) in [5.41, 5.74) is 0.560. The van der Waals surface area contributed by atoms with Crippen LogP contribution < -0.4 is 0 Å². The summed E-state index contributed by atoms with van der Waals surface area (Å²) in [5.74, 6) is -1.17. The van der Waals surface area contributed by atoms with E-state index >= 15 is 0 Å². The molecule has 0 amide bonds. The van der Waals surface area contributed by atoms with Crippen molar-refractivity contribution in [3.8, 4) is 0 Å². The largest absolute Gasteiger partial charge is 0.481 e. The topological polar surface area (TPSA) is 80.9 Å². The van der Waals surface area contributed by atoms with E-state index in [4.69, 9.17) is 0 Å². The van der Waals surface area contributed by atoms with Crippen LogP contribution in [0.5, 0.6) is 0 Å². The summed E-state index contributed by atoms with van der Waals surface area (Å²) in [5, 5.41) is 20.2. The molecule has 0 radical (unpaired) electrons. The Morgan fingerprint density at radius 2 is 2.44 bits per heavy atom. The zero-order chi connectivity index (χ0) is 13.2. The van der Waals surface area contributed by atoms with Gasteiger partial charge in [-0.3, -0.25) is 4.79 Å². The van der Waals surface area contributed by atoms with Crippen molar-refractivity contribution in [3.63, 3.8) is 0 Å². The van der Waals surface area contributed by atoms with E-state index in [1.165, 1.54) is 6.33 Å². The van der Waals surface area contributed by atoms with Crippen molar-refractivity contribution in [1.82, 2.24) is 20.2 Å². The van der Waals surface area contributed by atoms with Crippen LogP contribution in [0.4, 0.5) is 0 Å². The van der Waals surface area contributed by atoms with Gasteiger partial charge in [-0.2, -0.15) is 0 Å². The maximum atomic E-state index is 11.2. The molecule has 2 unspecified atom stereocenters. The van der Waals surface area contributed by atoms with Gasteiger partial charge < -0.3 is 5.11 Å². The van der Waals surface area contributed by atoms with Gasteiger partial charge >= 0.3 is 5.97 Å². The summed E-state index contributed by atoms with van der Waals surface area (Å²) in [6, 6.07) is 0. The molecule has 6 heteroatoms. The first-order valence-corrected chi connectivity index (χ1v) is 5.94. The molecule has 96 valence electrons. The number of hydrogen-bond donors (Lipinski definition) is 1. The molecule has 2 rings (SSSR count). The molecule has 1 aromatic rings. The predicted octanol–water partition coefficient (Wildman–Crippen LogP) is 1.59. The quantitative estimate of drug-likeness (QED) is 0.875. The van der Waals surface area contributed by atoms with Crippen LogP contribution in [-0.2, 0) is 4.79 Å². The second-order valence-electron chi connectivity index (χ2n) is 4.57. The van der Waals surface area contributed by atoms with Crippen molar-refractivity contribution in [1.29, 1.82) is 0 Å². The molecule has 0 bridgehead atoms. The summed E-state index contributed by atoms with van der Waals surface area (Å²) >= 11 is 0. The number of carbonyl (C=O) groups is 1. The fraction of sp³-hybridized carbons (Fsp3) is 0.500. The van der Waals surface area contributed by atoms with Gasteiger partial charge in [-0.1, -0.05) is 26.0 Å². The van der Waals surface area contributed by atoms with E-state index in [1.807, 2.05) is 25.2 Å². The van der Waals surface area contributed by atoms with Gasteiger partial charge in [0.1, 0.15) is 6.33 Å². The van der Waals surface area contributed by atoms with E-state index in [-0.39, 0.29) is 5.41 Å². The Bertz CT molecular complexity index is 492. The monoisotopic (exact) mass is 248 g/mol. The molecule has 1 aliphatic rings. The van der Waals surface area contributed by atoms with Crippen LogP contribution >= 0.6 is 0 Å². The van der Waals surface area contributed by atoms with Crippen molar-refractivity contribution in [3.05, 3.63) is 24.6 Å². The number of allylic oxidation sites excluding steroid dienone is 4. The van der Waals surface area contributed by atoms with Gasteiger partial charge in [0.15, 0.2) is 0 Å². The highest BCUT2D eigenvalue weighted by atomic mass is 16.4. The van der Waals surface area contributed by atoms with Crippen LogP contribution in [0, 0.1) is 11.3 Å². The summed E-state index contributed by atoms with van der Waals surface area (Å²) < 4.78 is 1.57. The van der Waals surface area contributed by atoms with Crippen molar-refractivity contribution < 1.29 is 9.90 Å². The molecule has 0 saturated carbocycles. The van der Waals surface area contributed by atoms with Crippen molar-refractivity contribution in [2.24, 2.45) is 11.3 Å². The van der Waals surface area contributed by atoms with E-state index in [0.29, 0.717) is 6.42 Å². The van der Waals surface area contributed by atoms with Gasteiger partial charge in [0.2, 0.25) is 0 Å². The smallest absolute Gasteiger partial charge is 0.307 e. The molecule has 0 saturated heterocycles. The summed E-state index contributed by atoms with van der Waals surface area (Å²) in [4.78, 5) is 11.2. The average Bonchev–Trinajstić information content (AvgIpc) is 2.91. The number of aromatic nitrogens is 4. The minimum Gasteiger partial charge on any atom is -0.481 e. The number of rotatable bonds is 4. The second-order valence-corrected chi connectivity index (χ2v) is 4.57. The van der Waals surface area contributed by atoms with Crippen molar-refractivity contribution >= 4 is 11.7 Å². The van der Waals surface area contributed by atoms with Crippen LogP contribution in [0.1, 0.15) is 26.7 Å². The minimum atomic E-state index is -0.763. The molecule has 1 aliphatic carbocycles. The number of aliphatic carboxylic acids is 1. The fourth-order valence-corrected chi connectivity index (χ4v) is 2.27. The first kappa shape index (κ1) is 12.5. The fourth-order valence-electron chi connectivity index (χ4n) is 2.27. The SMILES string of the molecule is CCC1(C(C)C(=O)O)C=CC(n2cnnn2)=CC1. The summed E-state index contributed by atoms with van der Waals surface area (Å²) in [6.07, 6.45) is 8.85. The molecule has 1 N–H and O–H groups in total. The molecule has 0 aliphatic heterocycles. The van der Waals surface area contributed by atoms with Gasteiger partial charge in [-0.25, -0.2) is 4.68 Å². The Kier molecular flexibility index (Phi) is 3.27. The average molecular weight is 248 g/mol. The molecule has 18 heavy (non-hydrogen) atoms. The van der Waals surface area contributed by atoms with E-state index < -0.39 is 11.9 Å². The lowest BCUT2D eigenvalue weighted by Crippen LogP contribution is -2.32. The first-order chi connectivity index (χ1) is 8.59. The Morgan fingerprint density at radius 3 is 2.89 bits per heavy atom. The number of carboxylic acids is 1. The summed E-state index contributed by atoms with van der Waals surface area (Å²) in [6.45, 7) is 3.77. The van der Waals surface area contributed by atoms with Crippen molar-refractivity contribution in [2.75, 3.05) is 0 Å². The molecule has 0 aromatic carbocycles. The molecule has 0 fully saturated rings. The van der Waals surface area contributed by atoms with Crippen molar-refractivity contribution in [2.45, 2.75) is 26.7 Å². The molecule has 0 spiro atoms. The van der Waals surface area contributed by atoms with Gasteiger partial charge in [0.25, 0.3) is 0 Å². The number of hydrogen-bond acceptors (Lipinski definition) is 4. The Hall–Kier alpha value is -1.98. The van der Waals surface area contributed by atoms with E-state index in [9.17, 15) is 9.90 Å². The molecule has 1 aromatic heterocycles. The zero-order valence-electron chi connectivity index (χ0n) is 10.4. The molecule has 2 atom stereocenters. The van der Waals surface area contributed by atoms with Crippen LogP contribution in [0.15, 0.2) is 24.6 Å². The third-order valence-electron chi connectivity index (χ3n) is 3.78. The lowest BCUT2D eigenvalue weighted by atomic mass is 9.69. The lowest BCUT2D eigenvalue weighted by molar-refractivity contribution is -0.144. The summed E-state index contributed by atoms with van der Waals surface area (Å²) in [7, 11) is 0. The number of nitrogens with zero attached hydrogens (tertiary/aromatic N) is 4. The molecular formula is C12H16N4O2. The van der Waals surface area contributed by atoms with E-state index in [0.717, 1.165) is 12.1 Å². The predicted molar refractivity (Wildman–Crippen MR) is 65.4 cm³/mol. The molecule has 1 heterocycles. The van der Waals surface area contributed by atoms with Gasteiger partial charge in [-0.15, -0.1) is 5.10 Å². The maximum Gasteiger partial charge on any atom is 0.307 e. The van der Waals surface area contributed by atoms with Gasteiger partial charge in [0.05, 0.1) is 11.6 Å². The number of tetrazole rings is 1. The van der Waals surface area contributed by atoms with E-state index in [1.54, 1.807) is 11.6 Å². The zero-order valence-corrected chi connectivity index (χ0v) is 10.4. The highest BCUT2D eigenvalue weighted by Gasteiger charge is 2.37. The lowest BCUT2D eigenvalue weighted by Gasteiger charge is -2.34. The Morgan fingerprint density at radius 1 is 1.67 bits per heavy atom. The van der Waals surface area contributed by atoms with Crippen LogP contribution in [-0.4, -0.2) is 31.3 Å². The van der Waals surface area contributed by atoms with Gasteiger partial charge in [0, 0.05) is 5.41 Å². The van der Waals surface area contributed by atoms with E-state index in [2.05, 4.69) is 15.5 Å². The second kappa shape index (κ2) is 4.72. The Labute approximate surface area is 105 Å². The normalized spacial score (nSPS) is 24.7. The first-order valence-electron chi connectivity index (χ1n) is 5.94. The Balaban J connectivity index is 2.22. The highest BCUT2D eigenvalue weighted by molar-refractivity contribution is 5.72. The molecular weight excluding hydrogens is 232 g/mol. The highest BCUT2D eigenvalue weighted by Crippen LogP contribution is 2.41. The van der Waals surface area contributed by atoms with Gasteiger partial charge in [-0.05, 0) is 29.3 Å². The molecule has 6 nitrogen and oxygen atoms in total. The maximum absolute atomic E-state index is 11.2. The van der Waals surface area contributed by atoms with Crippen LogP contribution in [0.25, 0.3) is 5.70 Å². The van der Waals surface area contributed by atoms with Crippen LogP contribution in [0.2, 0.25) is 0 Å². The minimum absolute atomic E-state index is 0.316. The third-order valence-corrected chi connectivity index (χ3v) is 3.78.